The molecule has 23 heavy (non-hydrogen) atoms. The quantitative estimate of drug-likeness (QED) is 0.807. The smallest absolute Gasteiger partial charge is 0.207 e. The first kappa shape index (κ1) is 17.0. The minimum atomic E-state index is -3.38. The molecule has 0 spiro atoms. The van der Waals surface area contributed by atoms with Crippen LogP contribution in [0.15, 0.2) is 29.2 Å². The van der Waals surface area contributed by atoms with Gasteiger partial charge in [-0.2, -0.15) is 4.31 Å². The average molecular weight is 336 g/mol. The minimum absolute atomic E-state index is 0.0706. The summed E-state index contributed by atoms with van der Waals surface area (Å²) in [5.74, 6) is 0. The zero-order valence-corrected chi connectivity index (χ0v) is 15.6. The van der Waals surface area contributed by atoms with Crippen LogP contribution in [0.4, 0.5) is 0 Å². The molecule has 4 heteroatoms. The molecule has 3 nitrogen and oxygen atoms in total. The van der Waals surface area contributed by atoms with Gasteiger partial charge in [-0.25, -0.2) is 8.42 Å². The van der Waals surface area contributed by atoms with Crippen molar-refractivity contribution in [1.29, 1.82) is 0 Å². The van der Waals surface area contributed by atoms with Crippen molar-refractivity contribution in [3.63, 3.8) is 0 Å². The second-order valence-electron chi connectivity index (χ2n) is 8.49. The monoisotopic (exact) mass is 335 g/mol. The maximum atomic E-state index is 13.1. The van der Waals surface area contributed by atoms with Crippen LogP contribution in [-0.2, 0) is 16.4 Å². The maximum absolute atomic E-state index is 13.1. The molecule has 2 atom stereocenters. The van der Waals surface area contributed by atoms with Gasteiger partial charge in [-0.3, -0.25) is 0 Å². The summed E-state index contributed by atoms with van der Waals surface area (Å²) >= 11 is 0. The number of unbranched alkanes of at least 4 members (excludes halogenated alkanes) is 1. The molecule has 1 saturated heterocycles. The molecule has 1 aromatic rings. The third-order valence-corrected chi connectivity index (χ3v) is 7.57. The van der Waals surface area contributed by atoms with Crippen molar-refractivity contribution in [2.75, 3.05) is 6.54 Å². The van der Waals surface area contributed by atoms with Gasteiger partial charge in [-0.1, -0.05) is 46.2 Å². The zero-order valence-electron chi connectivity index (χ0n) is 14.8. The summed E-state index contributed by atoms with van der Waals surface area (Å²) in [6.07, 6.45) is 5.44. The molecule has 1 aliphatic heterocycles. The van der Waals surface area contributed by atoms with Gasteiger partial charge >= 0.3 is 0 Å². The lowest BCUT2D eigenvalue weighted by atomic mass is 9.80. The van der Waals surface area contributed by atoms with Crippen LogP contribution in [-0.4, -0.2) is 25.3 Å². The largest absolute Gasteiger partial charge is 0.243 e. The Hall–Kier alpha value is -0.870. The van der Waals surface area contributed by atoms with Crippen molar-refractivity contribution >= 4 is 10.0 Å². The number of aryl methyl sites for hydroxylation is 1. The highest BCUT2D eigenvalue weighted by molar-refractivity contribution is 7.89. The Balaban J connectivity index is 1.85. The van der Waals surface area contributed by atoms with E-state index in [0.717, 1.165) is 32.1 Å². The van der Waals surface area contributed by atoms with Crippen LogP contribution in [0, 0.1) is 10.8 Å². The predicted molar refractivity (Wildman–Crippen MR) is 93.9 cm³/mol. The van der Waals surface area contributed by atoms with Crippen LogP contribution in [0.3, 0.4) is 0 Å². The molecule has 2 unspecified atom stereocenters. The van der Waals surface area contributed by atoms with E-state index in [4.69, 9.17) is 0 Å². The summed E-state index contributed by atoms with van der Waals surface area (Å²) < 4.78 is 28.0. The zero-order chi connectivity index (χ0) is 16.9. The number of rotatable bonds is 5. The number of hydrogen-bond acceptors (Lipinski definition) is 2. The number of sulfonamides is 1. The van der Waals surface area contributed by atoms with E-state index in [9.17, 15) is 8.42 Å². The molecule has 128 valence electrons. The van der Waals surface area contributed by atoms with E-state index >= 15 is 0 Å². The maximum Gasteiger partial charge on any atom is 0.243 e. The van der Waals surface area contributed by atoms with Crippen LogP contribution in [0.5, 0.6) is 0 Å². The lowest BCUT2D eigenvalue weighted by Crippen LogP contribution is -2.47. The van der Waals surface area contributed by atoms with Gasteiger partial charge in [0.05, 0.1) is 4.90 Å². The molecule has 0 N–H and O–H groups in total. The van der Waals surface area contributed by atoms with Gasteiger partial charge in [0.25, 0.3) is 0 Å². The van der Waals surface area contributed by atoms with E-state index in [0.29, 0.717) is 11.4 Å². The molecule has 0 aromatic heterocycles. The molecular weight excluding hydrogens is 306 g/mol. The fraction of sp³-hybridized carbons (Fsp3) is 0.684. The van der Waals surface area contributed by atoms with Crippen molar-refractivity contribution in [2.24, 2.45) is 10.8 Å². The van der Waals surface area contributed by atoms with Crippen molar-refractivity contribution < 1.29 is 8.42 Å². The van der Waals surface area contributed by atoms with Crippen LogP contribution in [0.25, 0.3) is 0 Å². The molecule has 1 saturated carbocycles. The number of piperidine rings is 1. The first-order valence-corrected chi connectivity index (χ1v) is 10.2. The first-order valence-electron chi connectivity index (χ1n) is 8.79. The van der Waals surface area contributed by atoms with Crippen molar-refractivity contribution in [3.8, 4) is 0 Å². The number of nitrogens with zero attached hydrogens (tertiary/aromatic N) is 1. The van der Waals surface area contributed by atoms with E-state index in [-0.39, 0.29) is 16.9 Å². The first-order chi connectivity index (χ1) is 10.7. The highest BCUT2D eigenvalue weighted by Gasteiger charge is 2.59. The van der Waals surface area contributed by atoms with Crippen LogP contribution >= 0.6 is 0 Å². The Morgan fingerprint density at radius 1 is 1.17 bits per heavy atom. The van der Waals surface area contributed by atoms with E-state index in [1.807, 2.05) is 12.1 Å². The Bertz CT molecular complexity index is 675. The topological polar surface area (TPSA) is 37.4 Å². The molecule has 2 fully saturated rings. The van der Waals surface area contributed by atoms with Crippen LogP contribution < -0.4 is 0 Å². The minimum Gasteiger partial charge on any atom is -0.207 e. The fourth-order valence-corrected chi connectivity index (χ4v) is 6.66. The third-order valence-electron chi connectivity index (χ3n) is 5.70. The lowest BCUT2D eigenvalue weighted by molar-refractivity contribution is 0.138. The summed E-state index contributed by atoms with van der Waals surface area (Å²) in [5, 5.41) is 0. The fourth-order valence-electron chi connectivity index (χ4n) is 4.73. The Kier molecular flexibility index (Phi) is 4.13. The lowest BCUT2D eigenvalue weighted by Gasteiger charge is -2.40. The molecule has 1 aromatic carbocycles. The van der Waals surface area contributed by atoms with Crippen molar-refractivity contribution in [2.45, 2.75) is 70.7 Å². The standard InChI is InChI=1S/C19H29NO2S/c1-5-6-7-15-8-10-16(11-9-15)23(21,22)20-14-19(4)12-17(20)18(2,3)13-19/h8-11,17H,5-7,12-14H2,1-4H3. The molecule has 2 aliphatic rings. The summed E-state index contributed by atoms with van der Waals surface area (Å²) in [7, 11) is -3.38. The number of fused-ring (bicyclic) bond motifs is 2. The summed E-state index contributed by atoms with van der Waals surface area (Å²) in [5.41, 5.74) is 1.43. The molecule has 0 amide bonds. The van der Waals surface area contributed by atoms with E-state index < -0.39 is 10.0 Å². The SMILES string of the molecule is CCCCc1ccc(S(=O)(=O)N2CC3(C)CC2C(C)(C)C3)cc1. The summed E-state index contributed by atoms with van der Waals surface area (Å²) in [6, 6.07) is 7.67. The normalized spacial score (nSPS) is 30.0. The number of benzene rings is 1. The van der Waals surface area contributed by atoms with E-state index in [2.05, 4.69) is 27.7 Å². The van der Waals surface area contributed by atoms with Gasteiger partial charge in [0.2, 0.25) is 10.0 Å². The molecule has 1 aliphatic carbocycles. The molecule has 1 heterocycles. The van der Waals surface area contributed by atoms with Crippen LogP contribution in [0.1, 0.15) is 58.9 Å². The average Bonchev–Trinajstić information content (AvgIpc) is 2.94. The van der Waals surface area contributed by atoms with Gasteiger partial charge < -0.3 is 0 Å². The molecule has 2 bridgehead atoms. The van der Waals surface area contributed by atoms with Gasteiger partial charge in [-0.05, 0) is 54.2 Å². The van der Waals surface area contributed by atoms with Crippen molar-refractivity contribution in [1.82, 2.24) is 4.31 Å². The molecule has 0 radical (unpaired) electrons. The van der Waals surface area contributed by atoms with E-state index in [1.165, 1.54) is 5.56 Å². The Morgan fingerprint density at radius 3 is 2.35 bits per heavy atom. The third kappa shape index (κ3) is 2.96. The van der Waals surface area contributed by atoms with Gasteiger partial charge in [-0.15, -0.1) is 0 Å². The van der Waals surface area contributed by atoms with Crippen molar-refractivity contribution in [3.05, 3.63) is 29.8 Å². The second-order valence-corrected chi connectivity index (χ2v) is 10.4. The van der Waals surface area contributed by atoms with Gasteiger partial charge in [0.1, 0.15) is 0 Å². The highest BCUT2D eigenvalue weighted by atomic mass is 32.2. The van der Waals surface area contributed by atoms with Gasteiger partial charge in [0, 0.05) is 12.6 Å². The van der Waals surface area contributed by atoms with E-state index in [1.54, 1.807) is 16.4 Å². The summed E-state index contributed by atoms with van der Waals surface area (Å²) in [4.78, 5) is 0.449. The predicted octanol–water partition coefficient (Wildman–Crippen LogP) is 4.23. The molecular formula is C19H29NO2S. The van der Waals surface area contributed by atoms with Crippen LogP contribution in [0.2, 0.25) is 0 Å². The number of hydrogen-bond donors (Lipinski definition) is 0. The molecule has 3 rings (SSSR count). The second kappa shape index (κ2) is 5.59. The Labute approximate surface area is 141 Å². The highest BCUT2D eigenvalue weighted by Crippen LogP contribution is 2.57. The Morgan fingerprint density at radius 2 is 1.83 bits per heavy atom. The van der Waals surface area contributed by atoms with Gasteiger partial charge in [0.15, 0.2) is 0 Å². The summed E-state index contributed by atoms with van der Waals surface area (Å²) in [6.45, 7) is 9.49.